The molecule has 1 aromatic rings. The Kier molecular flexibility index (Phi) is 6.82. The van der Waals surface area contributed by atoms with Gasteiger partial charge in [-0.25, -0.2) is 4.39 Å². The van der Waals surface area contributed by atoms with Gasteiger partial charge >= 0.3 is 0 Å². The van der Waals surface area contributed by atoms with E-state index in [4.69, 9.17) is 5.73 Å². The molecule has 4 aliphatic rings. The van der Waals surface area contributed by atoms with E-state index in [-0.39, 0.29) is 30.6 Å². The number of anilines is 1. The number of ketones is 2. The first-order chi connectivity index (χ1) is 19.3. The number of carbonyl (C=O) groups is 4. The van der Waals surface area contributed by atoms with Crippen LogP contribution in [-0.4, -0.2) is 92.0 Å². The Balaban J connectivity index is 1.60. The van der Waals surface area contributed by atoms with Gasteiger partial charge in [0, 0.05) is 30.2 Å². The number of carbonyl (C=O) groups excluding carboxylic acids is 4. The van der Waals surface area contributed by atoms with Gasteiger partial charge in [-0.15, -0.1) is 4.91 Å². The van der Waals surface area contributed by atoms with E-state index in [2.05, 4.69) is 10.6 Å². The van der Waals surface area contributed by atoms with Gasteiger partial charge in [-0.3, -0.25) is 29.1 Å². The van der Waals surface area contributed by atoms with Crippen molar-refractivity contribution >= 4 is 34.8 Å². The number of phenolic OH excluding ortho intramolecular Hbond substituents is 1. The average molecular weight is 574 g/mol. The second-order valence-electron chi connectivity index (χ2n) is 10.8. The van der Waals surface area contributed by atoms with Crippen LogP contribution in [0.3, 0.4) is 0 Å². The molecular weight excluding hydrogens is 545 g/mol. The molecule has 0 bridgehead atoms. The summed E-state index contributed by atoms with van der Waals surface area (Å²) in [5, 5.41) is 50.3. The van der Waals surface area contributed by atoms with E-state index in [9.17, 15) is 44.5 Å². The van der Waals surface area contributed by atoms with Gasteiger partial charge in [0.15, 0.2) is 17.1 Å². The van der Waals surface area contributed by atoms with Gasteiger partial charge in [-0.1, -0.05) is 0 Å². The number of primary amides is 1. The van der Waals surface area contributed by atoms with Crippen molar-refractivity contribution < 1.29 is 44.0 Å². The van der Waals surface area contributed by atoms with Crippen LogP contribution in [0.2, 0.25) is 0 Å². The number of nitrogens with two attached hydrogens (primary N) is 1. The fraction of sp³-hybridized carbons (Fsp3) is 0.462. The number of aromatic hydroxyl groups is 1. The van der Waals surface area contributed by atoms with Crippen molar-refractivity contribution in [2.75, 3.05) is 32.0 Å². The summed E-state index contributed by atoms with van der Waals surface area (Å²) in [4.78, 5) is 64.7. The van der Waals surface area contributed by atoms with Crippen molar-refractivity contribution in [3.8, 4) is 5.75 Å². The van der Waals surface area contributed by atoms with Crippen LogP contribution in [0.15, 0.2) is 28.3 Å². The number of halogens is 1. The molecule has 0 aromatic heterocycles. The largest absolute Gasteiger partial charge is 0.508 e. The van der Waals surface area contributed by atoms with Crippen LogP contribution in [0, 0.1) is 22.6 Å². The lowest BCUT2D eigenvalue weighted by Crippen LogP contribution is -2.65. The van der Waals surface area contributed by atoms with Gasteiger partial charge in [-0.05, 0) is 44.7 Å². The lowest BCUT2D eigenvalue weighted by atomic mass is 9.57. The Morgan fingerprint density at radius 1 is 1.24 bits per heavy atom. The number of rotatable bonds is 6. The van der Waals surface area contributed by atoms with Crippen molar-refractivity contribution in [3.05, 3.63) is 44.8 Å². The summed E-state index contributed by atoms with van der Waals surface area (Å²) in [6.45, 7) is 1.42. The maximum atomic E-state index is 15.4. The molecular formula is C26H28FN5O9. The standard InChI is InChI=1S/C26H28FN5O9/c1-31(30-41)19-12-7-10-6-11-13(27)8-14(29-15(33)9-32-4-2-3-5-32)20(34)17(11)21(35)16(10)23(37)26(12,40)24(38)18(22(19)36)25(28)39/h8,10,12,19,34-35,38,40H,2-7,9H2,1H3,(H2,28,39)(H,29,33)/t10?,12?,19-,26-/m0/s1. The smallest absolute Gasteiger partial charge is 0.255 e. The van der Waals surface area contributed by atoms with Crippen LogP contribution in [0.25, 0.3) is 5.76 Å². The van der Waals surface area contributed by atoms with Crippen LogP contribution in [0.4, 0.5) is 10.1 Å². The Morgan fingerprint density at radius 3 is 2.51 bits per heavy atom. The number of amides is 2. The maximum absolute atomic E-state index is 15.4. The number of hydrogen-bond acceptors (Lipinski definition) is 11. The van der Waals surface area contributed by atoms with Crippen LogP contribution < -0.4 is 11.1 Å². The summed E-state index contributed by atoms with van der Waals surface area (Å²) in [5.41, 5.74) is -0.389. The van der Waals surface area contributed by atoms with E-state index in [0.29, 0.717) is 18.1 Å². The number of nitrogens with zero attached hydrogens (tertiary/aromatic N) is 3. The van der Waals surface area contributed by atoms with Gasteiger partial charge < -0.3 is 31.5 Å². The Hall–Kier alpha value is -4.37. The molecule has 1 saturated carbocycles. The zero-order valence-electron chi connectivity index (χ0n) is 21.9. The normalized spacial score (nSPS) is 27.7. The minimum absolute atomic E-state index is 0.00200. The van der Waals surface area contributed by atoms with Crippen molar-refractivity contribution in [1.29, 1.82) is 0 Å². The van der Waals surface area contributed by atoms with Gasteiger partial charge in [0.05, 0.1) is 23.1 Å². The molecule has 41 heavy (non-hydrogen) atoms. The summed E-state index contributed by atoms with van der Waals surface area (Å²) in [6.07, 6.45) is 1.22. The highest BCUT2D eigenvalue weighted by molar-refractivity contribution is 6.24. The van der Waals surface area contributed by atoms with Crippen molar-refractivity contribution in [1.82, 2.24) is 9.91 Å². The molecule has 218 valence electrons. The Bertz CT molecular complexity index is 1470. The zero-order valence-corrected chi connectivity index (χ0v) is 21.9. The number of likely N-dealkylation sites (tertiary alicyclic amines) is 1. The third-order valence-corrected chi connectivity index (χ3v) is 8.48. The number of fused-ring (bicyclic) bond motifs is 3. The number of Topliss-reactive ketones (excluding diaryl/α,β-unsaturated/α-hetero) is 2. The molecule has 2 fully saturated rings. The molecule has 1 heterocycles. The highest BCUT2D eigenvalue weighted by atomic mass is 19.1. The predicted octanol–water partition coefficient (Wildman–Crippen LogP) is 0.189. The molecule has 5 rings (SSSR count). The number of hydrogen-bond donors (Lipinski definition) is 6. The molecule has 7 N–H and O–H groups in total. The van der Waals surface area contributed by atoms with Crippen molar-refractivity contribution in [3.63, 3.8) is 0 Å². The number of aliphatic hydroxyl groups excluding tert-OH is 2. The molecule has 4 atom stereocenters. The number of benzene rings is 1. The summed E-state index contributed by atoms with van der Waals surface area (Å²) in [5.74, 6) is -11.0. The zero-order chi connectivity index (χ0) is 30.0. The monoisotopic (exact) mass is 573 g/mol. The number of phenols is 1. The molecule has 2 unspecified atom stereocenters. The summed E-state index contributed by atoms with van der Waals surface area (Å²) >= 11 is 0. The van der Waals surface area contributed by atoms with E-state index in [1.807, 2.05) is 4.90 Å². The molecule has 0 spiro atoms. The minimum atomic E-state index is -2.99. The van der Waals surface area contributed by atoms with Gasteiger partial charge in [0.2, 0.25) is 11.7 Å². The van der Waals surface area contributed by atoms with Crippen LogP contribution >= 0.6 is 0 Å². The number of nitrogens with one attached hydrogen (secondary N) is 1. The lowest BCUT2D eigenvalue weighted by molar-refractivity contribution is -0.154. The highest BCUT2D eigenvalue weighted by Crippen LogP contribution is 2.53. The van der Waals surface area contributed by atoms with Crippen LogP contribution in [-0.2, 0) is 25.6 Å². The van der Waals surface area contributed by atoms with Gasteiger partial charge in [0.1, 0.15) is 29.0 Å². The minimum Gasteiger partial charge on any atom is -0.508 e. The molecule has 2 amide bonds. The summed E-state index contributed by atoms with van der Waals surface area (Å²) < 4.78 is 15.4. The maximum Gasteiger partial charge on any atom is 0.255 e. The SMILES string of the molecule is CN(N=O)[C@@H]1C(=O)C(C(N)=O)=C(O)[C@@]2(O)C(=O)C3=C(O)c4c(O)c(NC(=O)CN5CCCC5)cc(F)c4CC3CC12. The molecule has 1 aliphatic heterocycles. The first-order valence-corrected chi connectivity index (χ1v) is 12.9. The number of aliphatic hydroxyl groups is 3. The highest BCUT2D eigenvalue weighted by Gasteiger charge is 2.64. The molecule has 1 saturated heterocycles. The fourth-order valence-electron chi connectivity index (χ4n) is 6.58. The topological polar surface area (TPSA) is 223 Å². The fourth-order valence-corrected chi connectivity index (χ4v) is 6.58. The van der Waals surface area contributed by atoms with Gasteiger partial charge in [0.25, 0.3) is 5.91 Å². The molecule has 3 aliphatic carbocycles. The molecule has 1 aromatic carbocycles. The van der Waals surface area contributed by atoms with Crippen LogP contribution in [0.1, 0.15) is 30.4 Å². The van der Waals surface area contributed by atoms with Crippen molar-refractivity contribution in [2.24, 2.45) is 22.9 Å². The van der Waals surface area contributed by atoms with E-state index >= 15 is 4.39 Å². The first kappa shape index (κ1) is 28.2. The van der Waals surface area contributed by atoms with Crippen LogP contribution in [0.5, 0.6) is 5.75 Å². The molecule has 15 heteroatoms. The first-order valence-electron chi connectivity index (χ1n) is 12.9. The third-order valence-electron chi connectivity index (χ3n) is 8.48. The Labute approximate surface area is 231 Å². The van der Waals surface area contributed by atoms with Gasteiger partial charge in [-0.2, -0.15) is 0 Å². The second-order valence-corrected chi connectivity index (χ2v) is 10.8. The molecule has 0 radical (unpaired) electrons. The summed E-state index contributed by atoms with van der Waals surface area (Å²) in [7, 11) is 1.07. The van der Waals surface area contributed by atoms with E-state index < -0.39 is 86.7 Å². The predicted molar refractivity (Wildman–Crippen MR) is 138 cm³/mol. The van der Waals surface area contributed by atoms with E-state index in [1.165, 1.54) is 0 Å². The summed E-state index contributed by atoms with van der Waals surface area (Å²) in [6, 6.07) is -0.809. The second kappa shape index (κ2) is 9.92. The quantitative estimate of drug-likeness (QED) is 0.117. The van der Waals surface area contributed by atoms with E-state index in [1.54, 1.807) is 0 Å². The molecule has 14 nitrogen and oxygen atoms in total. The Morgan fingerprint density at radius 2 is 1.90 bits per heavy atom. The van der Waals surface area contributed by atoms with E-state index in [0.717, 1.165) is 26.0 Å². The third kappa shape index (κ3) is 4.14. The number of nitroso groups, excluding NO2 is 1. The van der Waals surface area contributed by atoms with Crippen molar-refractivity contribution in [2.45, 2.75) is 37.3 Å². The number of likely N-dealkylation sites (N-methyl/N-ethyl adjacent to an activating group) is 1. The lowest BCUT2D eigenvalue weighted by Gasteiger charge is -2.49. The average Bonchev–Trinajstić information content (AvgIpc) is 3.41.